The smallest absolute Gasteiger partial charge is 0.161 e. The zero-order valence-corrected chi connectivity index (χ0v) is 13.5. The van der Waals surface area contributed by atoms with Crippen LogP contribution < -0.4 is 10.6 Å². The molecule has 0 bridgehead atoms. The molecule has 0 atom stereocenters. The van der Waals surface area contributed by atoms with Gasteiger partial charge in [-0.1, -0.05) is 25.1 Å². The lowest BCUT2D eigenvalue weighted by Crippen LogP contribution is -2.36. The molecule has 20 heavy (non-hydrogen) atoms. The summed E-state index contributed by atoms with van der Waals surface area (Å²) >= 11 is 8.13. The summed E-state index contributed by atoms with van der Waals surface area (Å²) in [5.74, 6) is -0.365. The molecule has 6 heteroatoms. The quantitative estimate of drug-likeness (QED) is 0.792. The lowest BCUT2D eigenvalue weighted by atomic mass is 10.1. The van der Waals surface area contributed by atoms with Crippen LogP contribution >= 0.6 is 28.1 Å². The maximum absolute atomic E-state index is 14.6. The summed E-state index contributed by atoms with van der Waals surface area (Å²) in [4.78, 5) is 2.12. The van der Waals surface area contributed by atoms with Gasteiger partial charge in [-0.2, -0.15) is 0 Å². The minimum atomic E-state index is -0.365. The fourth-order valence-corrected chi connectivity index (χ4v) is 3.62. The van der Waals surface area contributed by atoms with Crippen molar-refractivity contribution < 1.29 is 9.50 Å². The van der Waals surface area contributed by atoms with Crippen molar-refractivity contribution in [3.63, 3.8) is 0 Å². The fourth-order valence-electron chi connectivity index (χ4n) is 2.77. The van der Waals surface area contributed by atoms with Crippen molar-refractivity contribution >= 4 is 38.8 Å². The lowest BCUT2D eigenvalue weighted by molar-refractivity contribution is 0.296. The third-order valence-electron chi connectivity index (χ3n) is 3.74. The molecule has 110 valence electrons. The Morgan fingerprint density at radius 1 is 1.45 bits per heavy atom. The molecule has 0 heterocycles. The Balaban J connectivity index is 2.38. The molecule has 3 nitrogen and oxygen atoms in total. The summed E-state index contributed by atoms with van der Waals surface area (Å²) in [6.45, 7) is 0.436. The number of halogens is 2. The number of aliphatic hydroxyl groups is 1. The van der Waals surface area contributed by atoms with Crippen LogP contribution in [0.1, 0.15) is 31.2 Å². The number of anilines is 1. The number of hydrogen-bond donors (Lipinski definition) is 2. The third-order valence-corrected chi connectivity index (χ3v) is 4.74. The summed E-state index contributed by atoms with van der Waals surface area (Å²) in [6.07, 6.45) is 4.38. The molecule has 0 aromatic heterocycles. The number of aliphatic hydroxyl groups excluding tert-OH is 1. The van der Waals surface area contributed by atoms with E-state index in [9.17, 15) is 9.50 Å². The maximum atomic E-state index is 14.6. The highest BCUT2D eigenvalue weighted by atomic mass is 79.9. The number of nitrogens with zero attached hydrogens (tertiary/aromatic N) is 1. The molecule has 0 saturated heterocycles. The predicted molar refractivity (Wildman–Crippen MR) is 86.7 cm³/mol. The van der Waals surface area contributed by atoms with E-state index in [0.717, 1.165) is 25.7 Å². The van der Waals surface area contributed by atoms with E-state index < -0.39 is 0 Å². The standard InChI is InChI=1S/C14H18BrFN2OS/c15-12-10(14(17)20)5-6-11(13(12)16)18(7-8-19)9-3-1-2-4-9/h5-6,9,19H,1-4,7-8H2,(H2,17,20). The molecule has 1 aromatic carbocycles. The Kier molecular flexibility index (Phi) is 5.35. The van der Waals surface area contributed by atoms with Crippen molar-refractivity contribution in [1.82, 2.24) is 0 Å². The van der Waals surface area contributed by atoms with Crippen molar-refractivity contribution in [3.05, 3.63) is 28.0 Å². The zero-order chi connectivity index (χ0) is 14.7. The van der Waals surface area contributed by atoms with Crippen molar-refractivity contribution in [1.29, 1.82) is 0 Å². The first kappa shape index (κ1) is 15.7. The van der Waals surface area contributed by atoms with E-state index in [2.05, 4.69) is 15.9 Å². The van der Waals surface area contributed by atoms with Crippen LogP contribution in [0.2, 0.25) is 0 Å². The van der Waals surface area contributed by atoms with Crippen LogP contribution in [0, 0.1) is 5.82 Å². The first-order valence-corrected chi connectivity index (χ1v) is 7.91. The van der Waals surface area contributed by atoms with Gasteiger partial charge >= 0.3 is 0 Å². The maximum Gasteiger partial charge on any atom is 0.161 e. The van der Waals surface area contributed by atoms with Crippen molar-refractivity contribution in [2.24, 2.45) is 5.73 Å². The van der Waals surface area contributed by atoms with E-state index in [1.165, 1.54) is 0 Å². The van der Waals surface area contributed by atoms with Crippen LogP contribution in [-0.2, 0) is 0 Å². The second-order valence-corrected chi connectivity index (χ2v) is 6.21. The van der Waals surface area contributed by atoms with Gasteiger partial charge in [0.1, 0.15) is 4.99 Å². The van der Waals surface area contributed by atoms with Gasteiger partial charge in [-0.15, -0.1) is 0 Å². The summed E-state index contributed by atoms with van der Waals surface area (Å²) in [7, 11) is 0. The van der Waals surface area contributed by atoms with E-state index in [4.69, 9.17) is 18.0 Å². The highest BCUT2D eigenvalue weighted by molar-refractivity contribution is 9.10. The van der Waals surface area contributed by atoms with E-state index in [1.54, 1.807) is 12.1 Å². The number of nitrogens with two attached hydrogens (primary N) is 1. The SMILES string of the molecule is NC(=S)c1ccc(N(CCO)C2CCCC2)c(F)c1Br. The fraction of sp³-hybridized carbons (Fsp3) is 0.500. The minimum Gasteiger partial charge on any atom is -0.395 e. The molecular weight excluding hydrogens is 343 g/mol. The van der Waals surface area contributed by atoms with Crippen LogP contribution in [-0.4, -0.2) is 29.3 Å². The molecule has 0 spiro atoms. The number of benzene rings is 1. The van der Waals surface area contributed by atoms with Crippen LogP contribution in [0.3, 0.4) is 0 Å². The number of hydrogen-bond acceptors (Lipinski definition) is 3. The van der Waals surface area contributed by atoms with Gasteiger partial charge in [-0.25, -0.2) is 4.39 Å². The highest BCUT2D eigenvalue weighted by Crippen LogP contribution is 2.34. The molecule has 3 N–H and O–H groups in total. The van der Waals surface area contributed by atoms with E-state index in [0.29, 0.717) is 28.3 Å². The van der Waals surface area contributed by atoms with Crippen molar-refractivity contribution in [3.8, 4) is 0 Å². The first-order valence-electron chi connectivity index (χ1n) is 6.71. The molecule has 2 rings (SSSR count). The summed E-state index contributed by atoms with van der Waals surface area (Å²) in [5, 5.41) is 9.24. The van der Waals surface area contributed by atoms with Gasteiger partial charge in [-0.05, 0) is 40.9 Å². The number of thiocarbonyl (C=S) groups is 1. The average Bonchev–Trinajstić information content (AvgIpc) is 2.93. The number of rotatable bonds is 5. The van der Waals surface area contributed by atoms with E-state index in [1.807, 2.05) is 4.90 Å². The monoisotopic (exact) mass is 360 g/mol. The molecule has 1 aliphatic carbocycles. The van der Waals surface area contributed by atoms with Gasteiger partial charge in [0.15, 0.2) is 5.82 Å². The molecule has 1 saturated carbocycles. The zero-order valence-electron chi connectivity index (χ0n) is 11.1. The Bertz CT molecular complexity index is 506. The van der Waals surface area contributed by atoms with Gasteiger partial charge < -0.3 is 15.7 Å². The van der Waals surface area contributed by atoms with Crippen LogP contribution in [0.4, 0.5) is 10.1 Å². The molecule has 1 aromatic rings. The van der Waals surface area contributed by atoms with Gasteiger partial charge in [0.25, 0.3) is 0 Å². The van der Waals surface area contributed by atoms with Crippen LogP contribution in [0.15, 0.2) is 16.6 Å². The molecule has 0 radical (unpaired) electrons. The Labute approximate surface area is 132 Å². The van der Waals surface area contributed by atoms with Crippen LogP contribution in [0.25, 0.3) is 0 Å². The van der Waals surface area contributed by atoms with Crippen molar-refractivity contribution in [2.75, 3.05) is 18.1 Å². The van der Waals surface area contributed by atoms with E-state index >= 15 is 0 Å². The highest BCUT2D eigenvalue weighted by Gasteiger charge is 2.26. The van der Waals surface area contributed by atoms with Gasteiger partial charge in [-0.3, -0.25) is 0 Å². The summed E-state index contributed by atoms with van der Waals surface area (Å²) < 4.78 is 14.9. The first-order chi connectivity index (χ1) is 9.56. The molecule has 1 fully saturated rings. The topological polar surface area (TPSA) is 49.5 Å². The van der Waals surface area contributed by atoms with Crippen LogP contribution in [0.5, 0.6) is 0 Å². The normalized spacial score (nSPS) is 15.6. The molecule has 0 amide bonds. The van der Waals surface area contributed by atoms with Gasteiger partial charge in [0.05, 0.1) is 16.8 Å². The third kappa shape index (κ3) is 3.13. The summed E-state index contributed by atoms with van der Waals surface area (Å²) in [5.41, 5.74) is 6.57. The Hall–Kier alpha value is -0.720. The Morgan fingerprint density at radius 3 is 2.65 bits per heavy atom. The molecule has 0 unspecified atom stereocenters. The Morgan fingerprint density at radius 2 is 2.10 bits per heavy atom. The second-order valence-electron chi connectivity index (χ2n) is 4.98. The van der Waals surface area contributed by atoms with Gasteiger partial charge in [0, 0.05) is 18.2 Å². The largest absolute Gasteiger partial charge is 0.395 e. The predicted octanol–water partition coefficient (Wildman–Crippen LogP) is 2.96. The average molecular weight is 361 g/mol. The summed E-state index contributed by atoms with van der Waals surface area (Å²) in [6, 6.07) is 3.71. The van der Waals surface area contributed by atoms with Crippen molar-refractivity contribution in [2.45, 2.75) is 31.7 Å². The van der Waals surface area contributed by atoms with Gasteiger partial charge in [0.2, 0.25) is 0 Å². The minimum absolute atomic E-state index is 0.00457. The second kappa shape index (κ2) is 6.83. The van der Waals surface area contributed by atoms with E-state index in [-0.39, 0.29) is 17.4 Å². The molecular formula is C14H18BrFN2OS. The lowest BCUT2D eigenvalue weighted by Gasteiger charge is -2.31. The molecule has 0 aliphatic heterocycles. The molecule has 1 aliphatic rings.